The molecular formula is C11H24N2O2. The number of aliphatic hydroxyl groups is 1. The molecular weight excluding hydrogens is 192 g/mol. The zero-order chi connectivity index (χ0) is 12.1. The highest BCUT2D eigenvalue weighted by molar-refractivity contribution is 5.74. The van der Waals surface area contributed by atoms with E-state index in [1.54, 1.807) is 4.90 Å². The van der Waals surface area contributed by atoms with E-state index in [9.17, 15) is 4.79 Å². The monoisotopic (exact) mass is 216 g/mol. The molecule has 0 aliphatic rings. The van der Waals surface area contributed by atoms with E-state index in [-0.39, 0.29) is 24.1 Å². The quantitative estimate of drug-likeness (QED) is 0.747. The van der Waals surface area contributed by atoms with E-state index < -0.39 is 0 Å². The first-order valence-electron chi connectivity index (χ1n) is 5.49. The number of nitrogens with zero attached hydrogens (tertiary/aromatic N) is 1. The molecule has 0 rings (SSSR count). The summed E-state index contributed by atoms with van der Waals surface area (Å²) in [5.74, 6) is 0. The number of aliphatic hydroxyl groups excluding tert-OH is 1. The first kappa shape index (κ1) is 14.2. The fourth-order valence-corrected chi connectivity index (χ4v) is 1.02. The van der Waals surface area contributed by atoms with E-state index in [4.69, 9.17) is 5.11 Å². The fraction of sp³-hybridized carbons (Fsp3) is 0.909. The normalized spacial score (nSPS) is 13.5. The van der Waals surface area contributed by atoms with Gasteiger partial charge >= 0.3 is 6.03 Å². The predicted molar refractivity (Wildman–Crippen MR) is 61.8 cm³/mol. The van der Waals surface area contributed by atoms with Crippen molar-refractivity contribution in [1.82, 2.24) is 10.2 Å². The molecule has 0 bridgehead atoms. The minimum Gasteiger partial charge on any atom is -0.395 e. The molecule has 2 amide bonds. The van der Waals surface area contributed by atoms with Crippen molar-refractivity contribution in [2.75, 3.05) is 19.7 Å². The fourth-order valence-electron chi connectivity index (χ4n) is 1.02. The van der Waals surface area contributed by atoms with Crippen LogP contribution < -0.4 is 5.32 Å². The number of urea groups is 1. The maximum atomic E-state index is 11.7. The van der Waals surface area contributed by atoms with Crippen molar-refractivity contribution in [3.63, 3.8) is 0 Å². The molecule has 0 saturated carbocycles. The van der Waals surface area contributed by atoms with Crippen LogP contribution in [-0.2, 0) is 0 Å². The van der Waals surface area contributed by atoms with E-state index in [0.717, 1.165) is 0 Å². The zero-order valence-corrected chi connectivity index (χ0v) is 10.5. The summed E-state index contributed by atoms with van der Waals surface area (Å²) in [7, 11) is 0. The Morgan fingerprint density at radius 3 is 2.33 bits per heavy atom. The molecule has 0 saturated heterocycles. The van der Waals surface area contributed by atoms with Crippen molar-refractivity contribution in [3.05, 3.63) is 0 Å². The van der Waals surface area contributed by atoms with Gasteiger partial charge in [-0.25, -0.2) is 4.79 Å². The van der Waals surface area contributed by atoms with Crippen molar-refractivity contribution in [2.45, 2.75) is 40.7 Å². The average molecular weight is 216 g/mol. The zero-order valence-electron chi connectivity index (χ0n) is 10.5. The lowest BCUT2D eigenvalue weighted by molar-refractivity contribution is 0.169. The standard InChI is InChI=1S/C11H24N2O2/c1-6-13(7-8-14)10(15)12-9(2)11(3,4)5/h9,14H,6-8H2,1-5H3,(H,12,15). The highest BCUT2D eigenvalue weighted by atomic mass is 16.3. The number of likely N-dealkylation sites (N-methyl/N-ethyl adjacent to an activating group) is 1. The molecule has 0 aliphatic heterocycles. The van der Waals surface area contributed by atoms with Crippen LogP contribution in [-0.4, -0.2) is 41.8 Å². The maximum Gasteiger partial charge on any atom is 0.317 e. The van der Waals surface area contributed by atoms with Gasteiger partial charge in [-0.2, -0.15) is 0 Å². The van der Waals surface area contributed by atoms with E-state index >= 15 is 0 Å². The molecule has 2 N–H and O–H groups in total. The number of rotatable bonds is 4. The van der Waals surface area contributed by atoms with Crippen molar-refractivity contribution < 1.29 is 9.90 Å². The highest BCUT2D eigenvalue weighted by Gasteiger charge is 2.23. The summed E-state index contributed by atoms with van der Waals surface area (Å²) < 4.78 is 0. The predicted octanol–water partition coefficient (Wildman–Crippen LogP) is 1.44. The van der Waals surface area contributed by atoms with Gasteiger partial charge in [-0.15, -0.1) is 0 Å². The summed E-state index contributed by atoms with van der Waals surface area (Å²) in [4.78, 5) is 13.3. The van der Waals surface area contributed by atoms with Crippen molar-refractivity contribution in [2.24, 2.45) is 5.41 Å². The topological polar surface area (TPSA) is 52.6 Å². The van der Waals surface area contributed by atoms with Crippen molar-refractivity contribution >= 4 is 6.03 Å². The third-order valence-electron chi connectivity index (χ3n) is 2.68. The van der Waals surface area contributed by atoms with E-state index in [2.05, 4.69) is 26.1 Å². The van der Waals surface area contributed by atoms with Crippen LogP contribution in [0, 0.1) is 5.41 Å². The third-order valence-corrected chi connectivity index (χ3v) is 2.68. The Hall–Kier alpha value is -0.770. The Morgan fingerprint density at radius 2 is 2.00 bits per heavy atom. The second-order valence-corrected chi connectivity index (χ2v) is 4.84. The number of nitrogens with one attached hydrogen (secondary N) is 1. The molecule has 1 atom stereocenters. The number of hydrogen-bond donors (Lipinski definition) is 2. The molecule has 0 heterocycles. The molecule has 0 aromatic rings. The van der Waals surface area contributed by atoms with Gasteiger partial charge in [-0.1, -0.05) is 20.8 Å². The van der Waals surface area contributed by atoms with Gasteiger partial charge in [0.1, 0.15) is 0 Å². The molecule has 0 radical (unpaired) electrons. The molecule has 0 aromatic heterocycles. The lowest BCUT2D eigenvalue weighted by Gasteiger charge is -2.30. The minimum absolute atomic E-state index is 0.00512. The first-order chi connectivity index (χ1) is 6.82. The van der Waals surface area contributed by atoms with Crippen LogP contribution in [0.3, 0.4) is 0 Å². The van der Waals surface area contributed by atoms with Crippen LogP contribution in [0.15, 0.2) is 0 Å². The number of carbonyl (C=O) groups excluding carboxylic acids is 1. The van der Waals surface area contributed by atoms with Gasteiger partial charge < -0.3 is 15.3 Å². The second kappa shape index (κ2) is 5.95. The smallest absolute Gasteiger partial charge is 0.317 e. The Bertz CT molecular complexity index is 199. The Labute approximate surface area is 92.7 Å². The molecule has 0 aromatic carbocycles. The van der Waals surface area contributed by atoms with Crippen LogP contribution in [0.5, 0.6) is 0 Å². The van der Waals surface area contributed by atoms with Crippen LogP contribution in [0.4, 0.5) is 4.79 Å². The lowest BCUT2D eigenvalue weighted by atomic mass is 9.88. The van der Waals surface area contributed by atoms with E-state index in [1.807, 2.05) is 13.8 Å². The van der Waals surface area contributed by atoms with Gasteiger partial charge in [-0.05, 0) is 19.3 Å². The van der Waals surface area contributed by atoms with Crippen LogP contribution in [0.25, 0.3) is 0 Å². The van der Waals surface area contributed by atoms with Crippen LogP contribution in [0.1, 0.15) is 34.6 Å². The van der Waals surface area contributed by atoms with Crippen LogP contribution >= 0.6 is 0 Å². The number of hydrogen-bond acceptors (Lipinski definition) is 2. The summed E-state index contributed by atoms with van der Waals surface area (Å²) >= 11 is 0. The molecule has 0 aliphatic carbocycles. The molecule has 0 fully saturated rings. The van der Waals surface area contributed by atoms with Gasteiger partial charge in [0.15, 0.2) is 0 Å². The SMILES string of the molecule is CCN(CCO)C(=O)NC(C)C(C)(C)C. The van der Waals surface area contributed by atoms with Gasteiger partial charge in [0.25, 0.3) is 0 Å². The third kappa shape index (κ3) is 5.02. The Morgan fingerprint density at radius 1 is 1.47 bits per heavy atom. The minimum atomic E-state index is -0.103. The molecule has 4 heteroatoms. The lowest BCUT2D eigenvalue weighted by Crippen LogP contribution is -2.48. The van der Waals surface area contributed by atoms with Crippen molar-refractivity contribution in [1.29, 1.82) is 0 Å². The maximum absolute atomic E-state index is 11.7. The van der Waals surface area contributed by atoms with Gasteiger partial charge in [0.05, 0.1) is 6.61 Å². The second-order valence-electron chi connectivity index (χ2n) is 4.84. The summed E-state index contributed by atoms with van der Waals surface area (Å²) in [6.45, 7) is 11.1. The van der Waals surface area contributed by atoms with Gasteiger partial charge in [0.2, 0.25) is 0 Å². The number of carbonyl (C=O) groups is 1. The molecule has 0 spiro atoms. The summed E-state index contributed by atoms with van der Waals surface area (Å²) in [5.41, 5.74) is 0.0499. The molecule has 15 heavy (non-hydrogen) atoms. The Kier molecular flexibility index (Phi) is 5.65. The molecule has 90 valence electrons. The average Bonchev–Trinajstić information content (AvgIpc) is 2.12. The van der Waals surface area contributed by atoms with Crippen molar-refractivity contribution in [3.8, 4) is 0 Å². The molecule has 4 nitrogen and oxygen atoms in total. The Balaban J connectivity index is 4.22. The highest BCUT2D eigenvalue weighted by Crippen LogP contribution is 2.18. The molecule has 1 unspecified atom stereocenters. The summed E-state index contributed by atoms with van der Waals surface area (Å²) in [6, 6.07) is 0.00622. The van der Waals surface area contributed by atoms with Gasteiger partial charge in [-0.3, -0.25) is 0 Å². The van der Waals surface area contributed by atoms with E-state index in [1.165, 1.54) is 0 Å². The summed E-state index contributed by atoms with van der Waals surface area (Å²) in [6.07, 6.45) is 0. The van der Waals surface area contributed by atoms with Crippen LogP contribution in [0.2, 0.25) is 0 Å². The van der Waals surface area contributed by atoms with Gasteiger partial charge in [0, 0.05) is 19.1 Å². The van der Waals surface area contributed by atoms with E-state index in [0.29, 0.717) is 13.1 Å². The summed E-state index contributed by atoms with van der Waals surface area (Å²) in [5, 5.41) is 11.7. The number of amides is 2. The largest absolute Gasteiger partial charge is 0.395 e. The first-order valence-corrected chi connectivity index (χ1v) is 5.49.